The molecule has 2 aromatic rings. The number of halogens is 3. The zero-order chi connectivity index (χ0) is 16.3. The number of nitrogen functional groups attached to an aromatic ring is 1. The van der Waals surface area contributed by atoms with Crippen molar-refractivity contribution >= 4 is 11.7 Å². The maximum Gasteiger partial charge on any atom is 0.573 e. The highest BCUT2D eigenvalue weighted by Gasteiger charge is 2.31. The molecule has 0 saturated heterocycles. The smallest absolute Gasteiger partial charge is 0.465 e. The van der Waals surface area contributed by atoms with Crippen molar-refractivity contribution in [3.8, 4) is 17.0 Å². The molecule has 1 aromatic heterocycles. The number of hydrogen-bond acceptors (Lipinski definition) is 5. The van der Waals surface area contributed by atoms with Gasteiger partial charge < -0.3 is 15.2 Å². The average molecular weight is 312 g/mol. The molecular formula is C14H11F3N2O3. The van der Waals surface area contributed by atoms with Gasteiger partial charge in [-0.25, -0.2) is 4.79 Å². The minimum Gasteiger partial charge on any atom is -0.465 e. The Kier molecular flexibility index (Phi) is 4.20. The third-order valence-electron chi connectivity index (χ3n) is 2.76. The maximum absolute atomic E-state index is 12.1. The lowest BCUT2D eigenvalue weighted by Crippen LogP contribution is -2.16. The normalized spacial score (nSPS) is 11.1. The monoisotopic (exact) mass is 312 g/mol. The highest BCUT2D eigenvalue weighted by Crippen LogP contribution is 2.29. The topological polar surface area (TPSA) is 74.4 Å². The molecule has 0 aliphatic carbocycles. The number of aromatic nitrogens is 1. The van der Waals surface area contributed by atoms with Gasteiger partial charge in [0.1, 0.15) is 5.75 Å². The van der Waals surface area contributed by atoms with Gasteiger partial charge in [-0.1, -0.05) is 0 Å². The van der Waals surface area contributed by atoms with Crippen molar-refractivity contribution in [2.24, 2.45) is 0 Å². The molecule has 0 aliphatic rings. The first-order chi connectivity index (χ1) is 10.3. The molecule has 5 nitrogen and oxygen atoms in total. The molecule has 0 atom stereocenters. The van der Waals surface area contributed by atoms with E-state index in [2.05, 4.69) is 14.5 Å². The lowest BCUT2D eigenvalue weighted by atomic mass is 10.1. The second-order valence-electron chi connectivity index (χ2n) is 4.18. The second kappa shape index (κ2) is 5.92. The van der Waals surface area contributed by atoms with E-state index in [0.717, 1.165) is 12.1 Å². The minimum atomic E-state index is -4.76. The first kappa shape index (κ1) is 15.6. The summed E-state index contributed by atoms with van der Waals surface area (Å²) in [6.07, 6.45) is -3.40. The fourth-order valence-electron chi connectivity index (χ4n) is 1.81. The van der Waals surface area contributed by atoms with Crippen LogP contribution in [0.3, 0.4) is 0 Å². The Morgan fingerprint density at radius 2 is 1.82 bits per heavy atom. The van der Waals surface area contributed by atoms with E-state index >= 15 is 0 Å². The van der Waals surface area contributed by atoms with Gasteiger partial charge in [-0.15, -0.1) is 13.2 Å². The zero-order valence-electron chi connectivity index (χ0n) is 11.3. The summed E-state index contributed by atoms with van der Waals surface area (Å²) in [5, 5.41) is 0. The van der Waals surface area contributed by atoms with Gasteiger partial charge in [-0.3, -0.25) is 4.98 Å². The molecule has 0 aliphatic heterocycles. The molecule has 0 bridgehead atoms. The predicted molar refractivity (Wildman–Crippen MR) is 72.1 cm³/mol. The van der Waals surface area contributed by atoms with Crippen LogP contribution in [0, 0.1) is 0 Å². The Labute approximate surface area is 123 Å². The lowest BCUT2D eigenvalue weighted by molar-refractivity contribution is -0.274. The summed E-state index contributed by atoms with van der Waals surface area (Å²) in [5.41, 5.74) is 6.77. The molecule has 8 heteroatoms. The Morgan fingerprint density at radius 1 is 1.18 bits per heavy atom. The summed E-state index contributed by atoms with van der Waals surface area (Å²) >= 11 is 0. The van der Waals surface area contributed by atoms with E-state index in [1.807, 2.05) is 0 Å². The first-order valence-corrected chi connectivity index (χ1v) is 6.01. The van der Waals surface area contributed by atoms with Crippen molar-refractivity contribution < 1.29 is 27.4 Å². The third-order valence-corrected chi connectivity index (χ3v) is 2.76. The number of carbonyl (C=O) groups excluding carboxylic acids is 1. The van der Waals surface area contributed by atoms with E-state index in [4.69, 9.17) is 5.73 Å². The summed E-state index contributed by atoms with van der Waals surface area (Å²) in [6.45, 7) is 0. The number of methoxy groups -OCH3 is 1. The number of rotatable bonds is 3. The largest absolute Gasteiger partial charge is 0.573 e. The number of nitrogens with zero attached hydrogens (tertiary/aromatic N) is 1. The number of anilines is 1. The number of hydrogen-bond donors (Lipinski definition) is 1. The number of benzene rings is 1. The summed E-state index contributed by atoms with van der Waals surface area (Å²) in [5.74, 6) is -0.989. The average Bonchev–Trinajstić information content (AvgIpc) is 2.46. The number of alkyl halides is 3. The second-order valence-corrected chi connectivity index (χ2v) is 4.18. The lowest BCUT2D eigenvalue weighted by Gasteiger charge is -2.11. The molecule has 116 valence electrons. The summed E-state index contributed by atoms with van der Waals surface area (Å²) < 4.78 is 44.7. The molecule has 0 fully saturated rings. The maximum atomic E-state index is 12.1. The number of ether oxygens (including phenoxy) is 2. The fraction of sp³-hybridized carbons (Fsp3) is 0.143. The fourth-order valence-corrected chi connectivity index (χ4v) is 1.81. The van der Waals surface area contributed by atoms with E-state index in [-0.39, 0.29) is 22.7 Å². The van der Waals surface area contributed by atoms with E-state index in [1.165, 1.54) is 31.5 Å². The van der Waals surface area contributed by atoms with Crippen molar-refractivity contribution in [3.05, 3.63) is 42.1 Å². The first-order valence-electron chi connectivity index (χ1n) is 6.01. The van der Waals surface area contributed by atoms with Gasteiger partial charge in [-0.05, 0) is 30.3 Å². The molecule has 0 spiro atoms. The van der Waals surface area contributed by atoms with E-state index < -0.39 is 12.3 Å². The summed E-state index contributed by atoms with van der Waals surface area (Å²) in [4.78, 5) is 15.6. The molecule has 22 heavy (non-hydrogen) atoms. The minimum absolute atomic E-state index is 0.0823. The van der Waals surface area contributed by atoms with Gasteiger partial charge in [0.25, 0.3) is 0 Å². The number of nitrogens with two attached hydrogens (primary N) is 1. The zero-order valence-corrected chi connectivity index (χ0v) is 11.3. The number of esters is 1. The SMILES string of the molecule is COC(=O)c1ccnc(-c2ccc(OC(F)(F)F)cc2)c1N. The Morgan fingerprint density at radius 3 is 2.36 bits per heavy atom. The van der Waals surface area contributed by atoms with Crippen LogP contribution in [0.2, 0.25) is 0 Å². The molecule has 0 unspecified atom stereocenters. The van der Waals surface area contributed by atoms with Gasteiger partial charge in [0.15, 0.2) is 0 Å². The molecule has 0 radical (unpaired) electrons. The van der Waals surface area contributed by atoms with Crippen molar-refractivity contribution in [2.45, 2.75) is 6.36 Å². The predicted octanol–water partition coefficient (Wildman–Crippen LogP) is 3.02. The van der Waals surface area contributed by atoms with Crippen LogP contribution in [0.5, 0.6) is 5.75 Å². The number of carbonyl (C=O) groups is 1. The van der Waals surface area contributed by atoms with E-state index in [0.29, 0.717) is 5.56 Å². The summed E-state index contributed by atoms with van der Waals surface area (Å²) in [6, 6.07) is 6.39. The number of pyridine rings is 1. The third kappa shape index (κ3) is 3.46. The van der Waals surface area contributed by atoms with Crippen LogP contribution < -0.4 is 10.5 Å². The van der Waals surface area contributed by atoms with Gasteiger partial charge in [0.05, 0.1) is 24.1 Å². The Hall–Kier alpha value is -2.77. The van der Waals surface area contributed by atoms with Crippen molar-refractivity contribution in [2.75, 3.05) is 12.8 Å². The molecule has 0 amide bonds. The molecule has 1 aromatic carbocycles. The van der Waals surface area contributed by atoms with E-state index in [9.17, 15) is 18.0 Å². The highest BCUT2D eigenvalue weighted by molar-refractivity contribution is 5.98. The van der Waals surface area contributed by atoms with Crippen LogP contribution in [-0.2, 0) is 4.74 Å². The van der Waals surface area contributed by atoms with Gasteiger partial charge >= 0.3 is 12.3 Å². The Balaban J connectivity index is 2.35. The molecule has 2 N–H and O–H groups in total. The Bertz CT molecular complexity index is 685. The van der Waals surface area contributed by atoms with Gasteiger partial charge in [0, 0.05) is 11.8 Å². The van der Waals surface area contributed by atoms with Crippen LogP contribution in [0.15, 0.2) is 36.5 Å². The van der Waals surface area contributed by atoms with E-state index in [1.54, 1.807) is 0 Å². The van der Waals surface area contributed by atoms with Crippen LogP contribution in [-0.4, -0.2) is 24.4 Å². The quantitative estimate of drug-likeness (QED) is 0.882. The van der Waals surface area contributed by atoms with Crippen LogP contribution in [0.1, 0.15) is 10.4 Å². The molecular weight excluding hydrogens is 301 g/mol. The molecule has 0 saturated carbocycles. The van der Waals surface area contributed by atoms with Crippen LogP contribution in [0.4, 0.5) is 18.9 Å². The van der Waals surface area contributed by atoms with Gasteiger partial charge in [-0.2, -0.15) is 0 Å². The van der Waals surface area contributed by atoms with Crippen molar-refractivity contribution in [3.63, 3.8) is 0 Å². The van der Waals surface area contributed by atoms with Crippen LogP contribution >= 0.6 is 0 Å². The van der Waals surface area contributed by atoms with Crippen molar-refractivity contribution in [1.82, 2.24) is 4.98 Å². The van der Waals surface area contributed by atoms with Crippen LogP contribution in [0.25, 0.3) is 11.3 Å². The van der Waals surface area contributed by atoms with Gasteiger partial charge in [0.2, 0.25) is 0 Å². The highest BCUT2D eigenvalue weighted by atomic mass is 19.4. The molecule has 2 rings (SSSR count). The standard InChI is InChI=1S/C14H11F3N2O3/c1-21-13(20)10-6-7-19-12(11(10)18)8-2-4-9(5-3-8)22-14(15,16)17/h2-7H,18H2,1H3. The summed E-state index contributed by atoms with van der Waals surface area (Å²) in [7, 11) is 1.21. The van der Waals surface area contributed by atoms with Crippen molar-refractivity contribution in [1.29, 1.82) is 0 Å². The molecule has 1 heterocycles.